The second-order valence-corrected chi connectivity index (χ2v) is 6.62. The zero-order chi connectivity index (χ0) is 16.3. The zero-order valence-electron chi connectivity index (χ0n) is 15.3. The Labute approximate surface area is 140 Å². The second-order valence-electron chi connectivity index (χ2n) is 6.62. The van der Waals surface area contributed by atoms with Crippen LogP contribution >= 0.6 is 0 Å². The Bertz CT molecular complexity index is 244. The van der Waals surface area contributed by atoms with E-state index in [4.69, 9.17) is 0 Å². The summed E-state index contributed by atoms with van der Waals surface area (Å²) in [5.74, 6) is 0. The number of hydrogen-bond acceptors (Lipinski definition) is 1. The summed E-state index contributed by atoms with van der Waals surface area (Å²) < 4.78 is 0. The van der Waals surface area contributed by atoms with Crippen LogP contribution in [0, 0.1) is 0 Å². The molecule has 0 aromatic carbocycles. The maximum absolute atomic E-state index is 4.03. The summed E-state index contributed by atoms with van der Waals surface area (Å²) in [6, 6.07) is 0. The molecule has 0 fully saturated rings. The molecule has 0 aliphatic carbocycles. The van der Waals surface area contributed by atoms with E-state index < -0.39 is 0 Å². The summed E-state index contributed by atoms with van der Waals surface area (Å²) in [5.41, 5.74) is 1.17. The van der Waals surface area contributed by atoms with E-state index in [1.54, 1.807) is 0 Å². The minimum Gasteiger partial charge on any atom is -0.385 e. The average Bonchev–Trinajstić information content (AvgIpc) is 2.53. The molecule has 1 nitrogen and oxygen atoms in total. The summed E-state index contributed by atoms with van der Waals surface area (Å²) in [7, 11) is 0. The van der Waals surface area contributed by atoms with Crippen LogP contribution < -0.4 is 5.32 Å². The lowest BCUT2D eigenvalue weighted by molar-refractivity contribution is 0.534. The first-order valence-electron chi connectivity index (χ1n) is 9.83. The lowest BCUT2D eigenvalue weighted by Gasteiger charge is -2.07. The quantitative estimate of drug-likeness (QED) is 0.209. The van der Waals surface area contributed by atoms with Crippen LogP contribution in [-0.2, 0) is 0 Å². The van der Waals surface area contributed by atoms with Gasteiger partial charge in [-0.3, -0.25) is 0 Å². The van der Waals surface area contributed by atoms with Crippen molar-refractivity contribution in [2.75, 3.05) is 6.54 Å². The van der Waals surface area contributed by atoms with Gasteiger partial charge in [0.15, 0.2) is 0 Å². The summed E-state index contributed by atoms with van der Waals surface area (Å²) >= 11 is 0. The fourth-order valence-electron chi connectivity index (χ4n) is 2.84. The fraction of sp³-hybridized carbons (Fsp3) is 0.810. The minimum absolute atomic E-state index is 0.845. The molecule has 0 spiro atoms. The van der Waals surface area contributed by atoms with Crippen molar-refractivity contribution in [1.82, 2.24) is 5.32 Å². The lowest BCUT2D eigenvalue weighted by Crippen LogP contribution is -2.11. The molecule has 22 heavy (non-hydrogen) atoms. The van der Waals surface area contributed by atoms with Crippen LogP contribution in [0.5, 0.6) is 0 Å². The Morgan fingerprint density at radius 3 is 1.55 bits per heavy atom. The Kier molecular flexibility index (Phi) is 17.7. The number of allylic oxidation sites excluding steroid dienone is 1. The molecule has 0 radical (unpaired) electrons. The Hall–Kier alpha value is -0.720. The molecule has 0 atom stereocenters. The van der Waals surface area contributed by atoms with Gasteiger partial charge in [0.1, 0.15) is 0 Å². The molecule has 0 aromatic rings. The van der Waals surface area contributed by atoms with Crippen LogP contribution in [0.15, 0.2) is 24.9 Å². The number of hydrogen-bond donors (Lipinski definition) is 1. The predicted octanol–water partition coefficient (Wildman–Crippen LogP) is 7.15. The third-order valence-corrected chi connectivity index (χ3v) is 4.33. The molecule has 0 aromatic heterocycles. The van der Waals surface area contributed by atoms with Gasteiger partial charge in [-0.2, -0.15) is 0 Å². The third kappa shape index (κ3) is 17.3. The minimum atomic E-state index is 0.845. The average molecular weight is 308 g/mol. The Balaban J connectivity index is 3.05. The lowest BCUT2D eigenvalue weighted by atomic mass is 10.0. The highest BCUT2D eigenvalue weighted by atomic mass is 14.9. The first kappa shape index (κ1) is 21.3. The van der Waals surface area contributed by atoms with E-state index in [9.17, 15) is 0 Å². The molecule has 1 heteroatoms. The van der Waals surface area contributed by atoms with Gasteiger partial charge in [-0.25, -0.2) is 0 Å². The number of rotatable bonds is 18. The number of nitrogens with one attached hydrogen (secondary N) is 1. The molecule has 130 valence electrons. The zero-order valence-corrected chi connectivity index (χ0v) is 15.3. The first-order valence-corrected chi connectivity index (χ1v) is 9.83. The monoisotopic (exact) mass is 307 g/mol. The van der Waals surface area contributed by atoms with Crippen molar-refractivity contribution in [2.45, 2.75) is 103 Å². The molecule has 0 saturated carbocycles. The standard InChI is InChI=1S/C21H41N/c1-4-6-7-8-9-10-11-12-13-14-15-16-17-18-19-21(3)22-20-5-2/h5,22H,2-4,6-20H2,1H3. The molecular weight excluding hydrogens is 266 g/mol. The molecule has 0 unspecified atom stereocenters. The van der Waals surface area contributed by atoms with Gasteiger partial charge in [-0.05, 0) is 12.8 Å². The topological polar surface area (TPSA) is 12.0 Å². The third-order valence-electron chi connectivity index (χ3n) is 4.33. The molecule has 0 heterocycles. The van der Waals surface area contributed by atoms with E-state index in [0.717, 1.165) is 13.0 Å². The van der Waals surface area contributed by atoms with Gasteiger partial charge >= 0.3 is 0 Å². The van der Waals surface area contributed by atoms with Crippen molar-refractivity contribution >= 4 is 0 Å². The van der Waals surface area contributed by atoms with E-state index in [0.29, 0.717) is 0 Å². The second kappa shape index (κ2) is 18.3. The van der Waals surface area contributed by atoms with Crippen LogP contribution in [0.3, 0.4) is 0 Å². The van der Waals surface area contributed by atoms with Gasteiger partial charge < -0.3 is 5.32 Å². The van der Waals surface area contributed by atoms with Crippen LogP contribution in [0.1, 0.15) is 103 Å². The summed E-state index contributed by atoms with van der Waals surface area (Å²) in [6.45, 7) is 10.9. The maximum atomic E-state index is 4.03. The van der Waals surface area contributed by atoms with E-state index in [2.05, 4.69) is 25.4 Å². The summed E-state index contributed by atoms with van der Waals surface area (Å²) in [4.78, 5) is 0. The Morgan fingerprint density at radius 2 is 1.14 bits per heavy atom. The summed E-state index contributed by atoms with van der Waals surface area (Å²) in [5, 5.41) is 3.27. The van der Waals surface area contributed by atoms with Crippen molar-refractivity contribution in [3.63, 3.8) is 0 Å². The van der Waals surface area contributed by atoms with E-state index >= 15 is 0 Å². The van der Waals surface area contributed by atoms with E-state index in [-0.39, 0.29) is 0 Å². The molecular formula is C21H41N. The molecule has 1 N–H and O–H groups in total. The van der Waals surface area contributed by atoms with Gasteiger partial charge in [0.05, 0.1) is 0 Å². The van der Waals surface area contributed by atoms with Crippen LogP contribution in [0.2, 0.25) is 0 Å². The SMILES string of the molecule is C=CCNC(=C)CCCCCCCCCCCCCCCC. The van der Waals surface area contributed by atoms with Gasteiger partial charge in [0.2, 0.25) is 0 Å². The predicted molar refractivity (Wildman–Crippen MR) is 102 cm³/mol. The highest BCUT2D eigenvalue weighted by molar-refractivity contribution is 4.92. The van der Waals surface area contributed by atoms with Gasteiger partial charge in [-0.1, -0.05) is 103 Å². The van der Waals surface area contributed by atoms with Crippen molar-refractivity contribution in [3.05, 3.63) is 24.9 Å². The Morgan fingerprint density at radius 1 is 0.727 bits per heavy atom. The van der Waals surface area contributed by atoms with Crippen molar-refractivity contribution in [1.29, 1.82) is 0 Å². The molecule has 0 bridgehead atoms. The van der Waals surface area contributed by atoms with Gasteiger partial charge in [-0.15, -0.1) is 6.58 Å². The molecule has 0 rings (SSSR count). The van der Waals surface area contributed by atoms with Crippen molar-refractivity contribution in [3.8, 4) is 0 Å². The fourth-order valence-corrected chi connectivity index (χ4v) is 2.84. The highest BCUT2D eigenvalue weighted by Gasteiger charge is 1.95. The van der Waals surface area contributed by atoms with Crippen molar-refractivity contribution in [2.24, 2.45) is 0 Å². The van der Waals surface area contributed by atoms with Crippen LogP contribution in [-0.4, -0.2) is 6.54 Å². The molecule has 0 saturated heterocycles. The van der Waals surface area contributed by atoms with Crippen LogP contribution in [0.4, 0.5) is 0 Å². The maximum Gasteiger partial charge on any atom is 0.0325 e. The van der Waals surface area contributed by atoms with Gasteiger partial charge in [0, 0.05) is 12.2 Å². The summed E-state index contributed by atoms with van der Waals surface area (Å²) in [6.07, 6.45) is 22.9. The smallest absolute Gasteiger partial charge is 0.0325 e. The highest BCUT2D eigenvalue weighted by Crippen LogP contribution is 2.13. The van der Waals surface area contributed by atoms with Crippen molar-refractivity contribution < 1.29 is 0 Å². The van der Waals surface area contributed by atoms with Crippen LogP contribution in [0.25, 0.3) is 0 Å². The largest absolute Gasteiger partial charge is 0.385 e. The molecule has 0 aliphatic rings. The first-order chi connectivity index (χ1) is 10.8. The normalized spacial score (nSPS) is 10.6. The van der Waals surface area contributed by atoms with E-state index in [1.165, 1.54) is 95.6 Å². The molecule has 0 amide bonds. The molecule has 0 aliphatic heterocycles. The van der Waals surface area contributed by atoms with E-state index in [1.807, 2.05) is 6.08 Å². The number of unbranched alkanes of at least 4 members (excludes halogenated alkanes) is 13. The van der Waals surface area contributed by atoms with Gasteiger partial charge in [0.25, 0.3) is 0 Å².